The lowest BCUT2D eigenvalue weighted by atomic mass is 10.00. The first-order valence-corrected chi connectivity index (χ1v) is 10.6. The van der Waals surface area contributed by atoms with Crippen LogP contribution in [0.5, 0.6) is 5.75 Å². The zero-order chi connectivity index (χ0) is 17.9. The first-order chi connectivity index (χ1) is 11.9. The zero-order valence-corrected chi connectivity index (χ0v) is 15.6. The molecule has 2 aromatic rings. The highest BCUT2D eigenvalue weighted by Gasteiger charge is 2.23. The highest BCUT2D eigenvalue weighted by molar-refractivity contribution is 7.90. The molecule has 2 heterocycles. The summed E-state index contributed by atoms with van der Waals surface area (Å²) in [6.45, 7) is 2.61. The second-order valence-corrected chi connectivity index (χ2v) is 8.99. The lowest BCUT2D eigenvalue weighted by molar-refractivity contribution is 0.178. The summed E-state index contributed by atoms with van der Waals surface area (Å²) in [6.07, 6.45) is 7.23. The van der Waals surface area contributed by atoms with Crippen LogP contribution in [0.15, 0.2) is 36.7 Å². The number of methoxy groups -OCH3 is 1. The van der Waals surface area contributed by atoms with E-state index in [1.165, 1.54) is 6.26 Å². The van der Waals surface area contributed by atoms with Crippen LogP contribution in [0.25, 0.3) is 5.69 Å². The van der Waals surface area contributed by atoms with E-state index in [0.29, 0.717) is 0 Å². The van der Waals surface area contributed by atoms with Crippen molar-refractivity contribution >= 4 is 9.84 Å². The van der Waals surface area contributed by atoms with E-state index in [4.69, 9.17) is 4.74 Å². The molecular formula is C18H25N3O3S. The number of benzene rings is 1. The molecule has 0 unspecified atom stereocenters. The molecule has 1 aliphatic rings. The Morgan fingerprint density at radius 2 is 2.12 bits per heavy atom. The molecule has 0 N–H and O–H groups in total. The molecule has 0 amide bonds. The van der Waals surface area contributed by atoms with Crippen LogP contribution in [-0.4, -0.2) is 55.3 Å². The van der Waals surface area contributed by atoms with Gasteiger partial charge in [0.05, 0.1) is 19.1 Å². The summed E-state index contributed by atoms with van der Waals surface area (Å²) in [5.74, 6) is 1.29. The molecular weight excluding hydrogens is 338 g/mol. The minimum atomic E-state index is -2.92. The minimum absolute atomic E-state index is 0.230. The van der Waals surface area contributed by atoms with Crippen molar-refractivity contribution in [2.75, 3.05) is 32.2 Å². The fraction of sp³-hybridized carbons (Fsp3) is 0.500. The molecule has 0 spiro atoms. The minimum Gasteiger partial charge on any atom is -0.494 e. The van der Waals surface area contributed by atoms with Crippen molar-refractivity contribution in [3.8, 4) is 11.4 Å². The number of sulfone groups is 1. The van der Waals surface area contributed by atoms with E-state index in [9.17, 15) is 8.42 Å². The molecule has 1 saturated heterocycles. The number of likely N-dealkylation sites (tertiary alicyclic amines) is 1. The molecule has 1 atom stereocenters. The third-order valence-electron chi connectivity index (χ3n) is 4.52. The molecule has 6 nitrogen and oxygen atoms in total. The predicted molar refractivity (Wildman–Crippen MR) is 97.8 cm³/mol. The maximum absolute atomic E-state index is 11.5. The largest absolute Gasteiger partial charge is 0.494 e. The van der Waals surface area contributed by atoms with Crippen molar-refractivity contribution in [1.82, 2.24) is 14.7 Å². The number of para-hydroxylation sites is 2. The number of hydrogen-bond acceptors (Lipinski definition) is 5. The van der Waals surface area contributed by atoms with Gasteiger partial charge >= 0.3 is 0 Å². The molecule has 3 rings (SSSR count). The number of nitrogens with zero attached hydrogens (tertiary/aromatic N) is 3. The van der Waals surface area contributed by atoms with Gasteiger partial charge in [0.2, 0.25) is 0 Å². The maximum atomic E-state index is 11.5. The van der Waals surface area contributed by atoms with Crippen LogP contribution in [0.1, 0.15) is 18.4 Å². The van der Waals surface area contributed by atoms with Crippen LogP contribution < -0.4 is 4.74 Å². The smallest absolute Gasteiger partial charge is 0.147 e. The number of piperidine rings is 1. The number of rotatable bonds is 6. The maximum Gasteiger partial charge on any atom is 0.147 e. The van der Waals surface area contributed by atoms with Crippen LogP contribution in [0.3, 0.4) is 0 Å². The third kappa shape index (κ3) is 4.83. The molecule has 25 heavy (non-hydrogen) atoms. The monoisotopic (exact) mass is 363 g/mol. The molecule has 1 aliphatic heterocycles. The summed E-state index contributed by atoms with van der Waals surface area (Å²) in [7, 11) is -1.26. The predicted octanol–water partition coefficient (Wildman–Crippen LogP) is 2.14. The molecule has 1 fully saturated rings. The van der Waals surface area contributed by atoms with Gasteiger partial charge in [0.15, 0.2) is 0 Å². The molecule has 0 saturated carbocycles. The summed E-state index contributed by atoms with van der Waals surface area (Å²) < 4.78 is 30.3. The molecule has 0 aliphatic carbocycles. The number of aromatic nitrogens is 2. The average Bonchev–Trinajstić information content (AvgIpc) is 3.02. The second kappa shape index (κ2) is 7.58. The van der Waals surface area contributed by atoms with Gasteiger partial charge in [0.25, 0.3) is 0 Å². The van der Waals surface area contributed by atoms with E-state index in [0.717, 1.165) is 49.5 Å². The van der Waals surface area contributed by atoms with Crippen molar-refractivity contribution in [2.24, 2.45) is 5.92 Å². The van der Waals surface area contributed by atoms with E-state index in [-0.39, 0.29) is 11.7 Å². The summed E-state index contributed by atoms with van der Waals surface area (Å²) in [5, 5.41) is 4.45. The Morgan fingerprint density at radius 3 is 2.88 bits per heavy atom. The molecule has 136 valence electrons. The van der Waals surface area contributed by atoms with Gasteiger partial charge in [-0.25, -0.2) is 13.1 Å². The van der Waals surface area contributed by atoms with Crippen molar-refractivity contribution in [3.05, 3.63) is 42.2 Å². The number of hydrogen-bond donors (Lipinski definition) is 0. The Hall–Kier alpha value is -1.86. The van der Waals surface area contributed by atoms with E-state index in [1.54, 1.807) is 7.11 Å². The van der Waals surface area contributed by atoms with Crippen LogP contribution >= 0.6 is 0 Å². The van der Waals surface area contributed by atoms with Crippen molar-refractivity contribution in [1.29, 1.82) is 0 Å². The van der Waals surface area contributed by atoms with Gasteiger partial charge in [-0.05, 0) is 37.4 Å². The van der Waals surface area contributed by atoms with E-state index in [2.05, 4.69) is 10.00 Å². The highest BCUT2D eigenvalue weighted by Crippen LogP contribution is 2.23. The van der Waals surface area contributed by atoms with Gasteiger partial charge < -0.3 is 4.74 Å². The van der Waals surface area contributed by atoms with E-state index >= 15 is 0 Å². The standard InChI is InChI=1S/C18H25N3O3S/c1-24-18-8-4-3-7-17(18)21-13-16(10-19-21)12-20-9-5-6-15(11-20)14-25(2,22)23/h3-4,7-8,10,13,15H,5-6,9,11-12,14H2,1-2H3/t15-/m1/s1. The molecule has 0 bridgehead atoms. The van der Waals surface area contributed by atoms with E-state index < -0.39 is 9.84 Å². The normalized spacial score (nSPS) is 19.0. The quantitative estimate of drug-likeness (QED) is 0.787. The van der Waals surface area contributed by atoms with Crippen LogP contribution in [-0.2, 0) is 16.4 Å². The van der Waals surface area contributed by atoms with Gasteiger partial charge in [-0.1, -0.05) is 12.1 Å². The third-order valence-corrected chi connectivity index (χ3v) is 5.59. The molecule has 1 aromatic carbocycles. The van der Waals surface area contributed by atoms with Gasteiger partial charge in [-0.2, -0.15) is 5.10 Å². The Morgan fingerprint density at radius 1 is 1.32 bits per heavy atom. The SMILES string of the molecule is COc1ccccc1-n1cc(CN2CCC[C@@H](CS(C)(=O)=O)C2)cn1. The summed E-state index contributed by atoms with van der Waals surface area (Å²) in [5.41, 5.74) is 2.02. The fourth-order valence-corrected chi connectivity index (χ4v) is 4.64. The second-order valence-electron chi connectivity index (χ2n) is 6.80. The topological polar surface area (TPSA) is 64.4 Å². The Balaban J connectivity index is 1.67. The molecule has 0 radical (unpaired) electrons. The first kappa shape index (κ1) is 17.9. The zero-order valence-electron chi connectivity index (χ0n) is 14.8. The van der Waals surface area contributed by atoms with Crippen molar-refractivity contribution < 1.29 is 13.2 Å². The Labute approximate surface area is 149 Å². The lowest BCUT2D eigenvalue weighted by Crippen LogP contribution is -2.37. The van der Waals surface area contributed by atoms with Gasteiger partial charge in [0, 0.05) is 31.1 Å². The Kier molecular flexibility index (Phi) is 5.44. The summed E-state index contributed by atoms with van der Waals surface area (Å²) in [6, 6.07) is 7.78. The van der Waals surface area contributed by atoms with Crippen LogP contribution in [0.2, 0.25) is 0 Å². The van der Waals surface area contributed by atoms with Crippen molar-refractivity contribution in [3.63, 3.8) is 0 Å². The average molecular weight is 363 g/mol. The first-order valence-electron chi connectivity index (χ1n) is 8.51. The summed E-state index contributed by atoms with van der Waals surface area (Å²) >= 11 is 0. The van der Waals surface area contributed by atoms with Crippen molar-refractivity contribution in [2.45, 2.75) is 19.4 Å². The summed E-state index contributed by atoms with van der Waals surface area (Å²) in [4.78, 5) is 2.32. The molecule has 7 heteroatoms. The van der Waals surface area contributed by atoms with Gasteiger partial charge in [-0.15, -0.1) is 0 Å². The highest BCUT2D eigenvalue weighted by atomic mass is 32.2. The van der Waals surface area contributed by atoms with Gasteiger partial charge in [0.1, 0.15) is 21.3 Å². The number of ether oxygens (including phenoxy) is 1. The molecule has 1 aromatic heterocycles. The van der Waals surface area contributed by atoms with Gasteiger partial charge in [-0.3, -0.25) is 4.90 Å². The lowest BCUT2D eigenvalue weighted by Gasteiger charge is -2.32. The Bertz CT molecular complexity index is 816. The van der Waals surface area contributed by atoms with E-state index in [1.807, 2.05) is 41.3 Å². The van der Waals surface area contributed by atoms with Crippen LogP contribution in [0.4, 0.5) is 0 Å². The fourth-order valence-electron chi connectivity index (χ4n) is 3.51. The van der Waals surface area contributed by atoms with Crippen LogP contribution in [0, 0.1) is 5.92 Å².